The van der Waals surface area contributed by atoms with Crippen molar-refractivity contribution >= 4 is 33.5 Å². The molecule has 0 radical (unpaired) electrons. The van der Waals surface area contributed by atoms with Crippen molar-refractivity contribution in [1.29, 1.82) is 0 Å². The number of nitrogens with one attached hydrogen (secondary N) is 3. The van der Waals surface area contributed by atoms with Crippen molar-refractivity contribution in [2.45, 2.75) is 4.90 Å². The molecule has 0 aliphatic carbocycles. The van der Waals surface area contributed by atoms with Crippen LogP contribution in [-0.2, 0) is 10.0 Å². The van der Waals surface area contributed by atoms with Crippen LogP contribution >= 0.6 is 11.6 Å². The molecule has 10 heteroatoms. The number of amides is 1. The van der Waals surface area contributed by atoms with Crippen LogP contribution in [0.3, 0.4) is 0 Å². The maximum Gasteiger partial charge on any atom is 0.254 e. The summed E-state index contributed by atoms with van der Waals surface area (Å²) in [5, 5.41) is 5.78. The zero-order chi connectivity index (χ0) is 17.6. The van der Waals surface area contributed by atoms with Crippen molar-refractivity contribution in [3.05, 3.63) is 47.2 Å². The van der Waals surface area contributed by atoms with E-state index in [2.05, 4.69) is 25.3 Å². The van der Waals surface area contributed by atoms with E-state index in [0.717, 1.165) is 0 Å². The minimum Gasteiger partial charge on any atom is -0.357 e. The van der Waals surface area contributed by atoms with E-state index in [1.54, 1.807) is 7.05 Å². The van der Waals surface area contributed by atoms with Crippen molar-refractivity contribution in [2.24, 2.45) is 0 Å². The quantitative estimate of drug-likeness (QED) is 0.624. The van der Waals surface area contributed by atoms with Crippen LogP contribution in [0.2, 0.25) is 5.02 Å². The SMILES string of the molecule is CNc1ncc(C(=O)NCCNS(=O)(=O)c2ccc(Cl)cc2)cn1. The molecule has 0 saturated carbocycles. The Labute approximate surface area is 144 Å². The summed E-state index contributed by atoms with van der Waals surface area (Å²) in [5.74, 6) is 0.0191. The Bertz CT molecular complexity index is 794. The number of rotatable bonds is 7. The Kier molecular flexibility index (Phi) is 6.07. The van der Waals surface area contributed by atoms with Gasteiger partial charge >= 0.3 is 0 Å². The first-order valence-corrected chi connectivity index (χ1v) is 8.82. The highest BCUT2D eigenvalue weighted by Gasteiger charge is 2.13. The molecule has 3 N–H and O–H groups in total. The van der Waals surface area contributed by atoms with E-state index >= 15 is 0 Å². The van der Waals surface area contributed by atoms with Crippen LogP contribution in [0.4, 0.5) is 5.95 Å². The number of hydrogen-bond donors (Lipinski definition) is 3. The molecule has 0 spiro atoms. The summed E-state index contributed by atoms with van der Waals surface area (Å²) in [6.07, 6.45) is 2.76. The number of hydrogen-bond acceptors (Lipinski definition) is 6. The number of anilines is 1. The Morgan fingerprint density at radius 2 is 1.75 bits per heavy atom. The third-order valence-electron chi connectivity index (χ3n) is 2.96. The zero-order valence-electron chi connectivity index (χ0n) is 12.8. The molecule has 0 unspecified atom stereocenters. The van der Waals surface area contributed by atoms with Crippen molar-refractivity contribution in [1.82, 2.24) is 20.0 Å². The average molecular weight is 370 g/mol. The molecule has 2 aromatic rings. The van der Waals surface area contributed by atoms with E-state index in [1.807, 2.05) is 0 Å². The van der Waals surface area contributed by atoms with Gasteiger partial charge in [0.15, 0.2) is 0 Å². The lowest BCUT2D eigenvalue weighted by Gasteiger charge is -2.08. The molecule has 1 heterocycles. The van der Waals surface area contributed by atoms with Gasteiger partial charge in [0, 0.05) is 37.6 Å². The molecule has 0 saturated heterocycles. The van der Waals surface area contributed by atoms with Crippen molar-refractivity contribution < 1.29 is 13.2 Å². The summed E-state index contributed by atoms with van der Waals surface area (Å²) in [4.78, 5) is 19.8. The topological polar surface area (TPSA) is 113 Å². The number of carbonyl (C=O) groups is 1. The molecule has 0 atom stereocenters. The van der Waals surface area contributed by atoms with Gasteiger partial charge in [-0.05, 0) is 24.3 Å². The number of halogens is 1. The van der Waals surface area contributed by atoms with Gasteiger partial charge in [-0.1, -0.05) is 11.6 Å². The second-order valence-corrected chi connectivity index (χ2v) is 6.86. The normalized spacial score (nSPS) is 11.1. The van der Waals surface area contributed by atoms with E-state index in [1.165, 1.54) is 36.7 Å². The smallest absolute Gasteiger partial charge is 0.254 e. The summed E-state index contributed by atoms with van der Waals surface area (Å²) in [5.41, 5.74) is 0.287. The number of aromatic nitrogens is 2. The molecule has 2 rings (SSSR count). The predicted molar refractivity (Wildman–Crippen MR) is 90.6 cm³/mol. The Balaban J connectivity index is 1.83. The molecule has 0 aliphatic heterocycles. The second kappa shape index (κ2) is 8.04. The summed E-state index contributed by atoms with van der Waals surface area (Å²) < 4.78 is 26.5. The first-order valence-electron chi connectivity index (χ1n) is 6.95. The van der Waals surface area contributed by atoms with Gasteiger partial charge in [-0.3, -0.25) is 4.79 Å². The number of nitrogens with zero attached hydrogens (tertiary/aromatic N) is 2. The lowest BCUT2D eigenvalue weighted by atomic mass is 10.3. The molecule has 128 valence electrons. The molecule has 0 bridgehead atoms. The minimum atomic E-state index is -3.64. The van der Waals surface area contributed by atoms with Crippen LogP contribution in [-0.4, -0.2) is 44.4 Å². The molecule has 1 amide bonds. The molecule has 0 aliphatic rings. The van der Waals surface area contributed by atoms with Crippen LogP contribution in [0.5, 0.6) is 0 Å². The predicted octanol–water partition coefficient (Wildman–Crippen LogP) is 0.880. The van der Waals surface area contributed by atoms with Gasteiger partial charge in [0.25, 0.3) is 5.91 Å². The molecular formula is C14H16ClN5O3S. The van der Waals surface area contributed by atoms with E-state index in [-0.39, 0.29) is 29.5 Å². The maximum absolute atomic E-state index is 12.0. The fourth-order valence-corrected chi connectivity index (χ4v) is 2.89. The summed E-state index contributed by atoms with van der Waals surface area (Å²) >= 11 is 5.72. The third-order valence-corrected chi connectivity index (χ3v) is 4.69. The highest BCUT2D eigenvalue weighted by Crippen LogP contribution is 2.13. The molecule has 8 nitrogen and oxygen atoms in total. The highest BCUT2D eigenvalue weighted by molar-refractivity contribution is 7.89. The summed E-state index contributed by atoms with van der Waals surface area (Å²) in [6.45, 7) is 0.172. The molecule has 1 aromatic carbocycles. The van der Waals surface area contributed by atoms with E-state index < -0.39 is 10.0 Å². The molecular weight excluding hydrogens is 354 g/mol. The van der Waals surface area contributed by atoms with E-state index in [0.29, 0.717) is 11.0 Å². The van der Waals surface area contributed by atoms with Gasteiger partial charge < -0.3 is 10.6 Å². The van der Waals surface area contributed by atoms with Gasteiger partial charge in [-0.15, -0.1) is 0 Å². The fraction of sp³-hybridized carbons (Fsp3) is 0.214. The van der Waals surface area contributed by atoms with Gasteiger partial charge in [0.05, 0.1) is 10.5 Å². The maximum atomic E-state index is 12.0. The monoisotopic (exact) mass is 369 g/mol. The van der Waals surface area contributed by atoms with Crippen LogP contribution < -0.4 is 15.4 Å². The van der Waals surface area contributed by atoms with Gasteiger partial charge in [-0.2, -0.15) is 0 Å². The number of carbonyl (C=O) groups excluding carboxylic acids is 1. The summed E-state index contributed by atoms with van der Waals surface area (Å²) in [7, 11) is -1.97. The number of sulfonamides is 1. The third kappa shape index (κ3) is 4.88. The Morgan fingerprint density at radius 3 is 2.33 bits per heavy atom. The van der Waals surface area contributed by atoms with Crippen LogP contribution in [0.25, 0.3) is 0 Å². The van der Waals surface area contributed by atoms with Crippen LogP contribution in [0, 0.1) is 0 Å². The van der Waals surface area contributed by atoms with E-state index in [4.69, 9.17) is 11.6 Å². The largest absolute Gasteiger partial charge is 0.357 e. The zero-order valence-corrected chi connectivity index (χ0v) is 14.4. The van der Waals surface area contributed by atoms with E-state index in [9.17, 15) is 13.2 Å². The standard InChI is InChI=1S/C14H16ClN5O3S/c1-16-14-18-8-10(9-19-14)13(21)17-6-7-20-24(22,23)12-4-2-11(15)3-5-12/h2-5,8-9,20H,6-7H2,1H3,(H,17,21)(H,16,18,19). The summed E-state index contributed by atoms with van der Waals surface area (Å²) in [6, 6.07) is 5.80. The van der Waals surface area contributed by atoms with Crippen molar-refractivity contribution in [3.8, 4) is 0 Å². The minimum absolute atomic E-state index is 0.0478. The molecule has 24 heavy (non-hydrogen) atoms. The Hall–Kier alpha value is -2.23. The Morgan fingerprint density at radius 1 is 1.12 bits per heavy atom. The van der Waals surface area contributed by atoms with Gasteiger partial charge in [-0.25, -0.2) is 23.1 Å². The van der Waals surface area contributed by atoms with Crippen molar-refractivity contribution in [2.75, 3.05) is 25.5 Å². The average Bonchev–Trinajstić information content (AvgIpc) is 2.59. The van der Waals surface area contributed by atoms with Crippen molar-refractivity contribution in [3.63, 3.8) is 0 Å². The lowest BCUT2D eigenvalue weighted by Crippen LogP contribution is -2.34. The van der Waals surface area contributed by atoms with Crippen LogP contribution in [0.1, 0.15) is 10.4 Å². The highest BCUT2D eigenvalue weighted by atomic mass is 35.5. The van der Waals surface area contributed by atoms with Crippen LogP contribution in [0.15, 0.2) is 41.6 Å². The number of benzene rings is 1. The fourth-order valence-electron chi connectivity index (χ4n) is 1.73. The first-order chi connectivity index (χ1) is 11.4. The molecule has 1 aromatic heterocycles. The van der Waals surface area contributed by atoms with Gasteiger partial charge in [0.2, 0.25) is 16.0 Å². The lowest BCUT2D eigenvalue weighted by molar-refractivity contribution is 0.0953. The molecule has 0 fully saturated rings. The van der Waals surface area contributed by atoms with Gasteiger partial charge in [0.1, 0.15) is 0 Å². The second-order valence-electron chi connectivity index (χ2n) is 4.65. The first kappa shape index (κ1) is 18.1.